The first-order valence-electron chi connectivity index (χ1n) is 14.5. The third-order valence-electron chi connectivity index (χ3n) is 9.49. The molecule has 3 aromatic carbocycles. The van der Waals surface area contributed by atoms with Gasteiger partial charge in [0.15, 0.2) is 0 Å². The lowest BCUT2D eigenvalue weighted by atomic mass is 9.66. The van der Waals surface area contributed by atoms with Crippen molar-refractivity contribution in [3.8, 4) is 0 Å². The molecular formula is C33H37Cl2N3O2. The van der Waals surface area contributed by atoms with Crippen LogP contribution in [-0.4, -0.2) is 41.1 Å². The molecule has 3 N–H and O–H groups in total. The standard InChI is InChI=1S/C33H37Cl2N3O2/c34-27-9-4-22(5-10-27)31(23-6-11-28(35)12-7-23)25-8-13-30-29(19-25)32(37-36-30)24-14-16-38(17-15-24)20-21-2-1-3-26(18-21)33(39)40/h1-7,9-12,18,24-25,29-32,36-37H,8,13-17,19-20H2,(H,39,40). The first-order valence-corrected chi connectivity index (χ1v) is 15.3. The number of hydrogen-bond acceptors (Lipinski definition) is 4. The van der Waals surface area contributed by atoms with Crippen molar-refractivity contribution in [2.24, 2.45) is 17.8 Å². The summed E-state index contributed by atoms with van der Waals surface area (Å²) in [5.74, 6) is 1.24. The number of carboxylic acids is 1. The van der Waals surface area contributed by atoms with Gasteiger partial charge >= 0.3 is 5.97 Å². The van der Waals surface area contributed by atoms with Gasteiger partial charge in [0.05, 0.1) is 5.56 Å². The Morgan fingerprint density at radius 2 is 1.52 bits per heavy atom. The van der Waals surface area contributed by atoms with Gasteiger partial charge in [-0.3, -0.25) is 15.8 Å². The number of carbonyl (C=O) groups is 1. The van der Waals surface area contributed by atoms with Gasteiger partial charge in [-0.2, -0.15) is 0 Å². The Labute approximate surface area is 246 Å². The van der Waals surface area contributed by atoms with Crippen LogP contribution in [0, 0.1) is 17.8 Å². The van der Waals surface area contributed by atoms with Gasteiger partial charge in [0.2, 0.25) is 0 Å². The van der Waals surface area contributed by atoms with E-state index >= 15 is 0 Å². The molecule has 210 valence electrons. The molecule has 40 heavy (non-hydrogen) atoms. The molecule has 0 radical (unpaired) electrons. The zero-order chi connectivity index (χ0) is 27.6. The zero-order valence-corrected chi connectivity index (χ0v) is 24.1. The van der Waals surface area contributed by atoms with Gasteiger partial charge in [-0.1, -0.05) is 59.6 Å². The van der Waals surface area contributed by atoms with Crippen LogP contribution in [0.2, 0.25) is 10.0 Å². The molecule has 3 fully saturated rings. The number of benzene rings is 3. The van der Waals surface area contributed by atoms with Crippen molar-refractivity contribution in [1.29, 1.82) is 0 Å². The van der Waals surface area contributed by atoms with E-state index in [1.54, 1.807) is 12.1 Å². The van der Waals surface area contributed by atoms with Crippen molar-refractivity contribution in [1.82, 2.24) is 15.8 Å². The third kappa shape index (κ3) is 6.09. The summed E-state index contributed by atoms with van der Waals surface area (Å²) in [5.41, 5.74) is 11.5. The highest BCUT2D eigenvalue weighted by Crippen LogP contribution is 2.46. The highest BCUT2D eigenvalue weighted by atomic mass is 35.5. The maximum Gasteiger partial charge on any atom is 0.335 e. The zero-order valence-electron chi connectivity index (χ0n) is 22.6. The summed E-state index contributed by atoms with van der Waals surface area (Å²) >= 11 is 12.5. The lowest BCUT2D eigenvalue weighted by molar-refractivity contribution is 0.0696. The number of piperidine rings is 1. The molecule has 3 aliphatic rings. The second-order valence-electron chi connectivity index (χ2n) is 11.9. The predicted molar refractivity (Wildman–Crippen MR) is 161 cm³/mol. The molecule has 7 heteroatoms. The maximum absolute atomic E-state index is 11.4. The Morgan fingerprint density at radius 3 is 2.15 bits per heavy atom. The van der Waals surface area contributed by atoms with Crippen LogP contribution in [0.1, 0.15) is 65.1 Å². The molecule has 1 aliphatic carbocycles. The fourth-order valence-corrected chi connectivity index (χ4v) is 7.76. The minimum absolute atomic E-state index is 0.320. The van der Waals surface area contributed by atoms with E-state index in [-0.39, 0.29) is 0 Å². The van der Waals surface area contributed by atoms with Crippen molar-refractivity contribution in [2.45, 2.75) is 56.7 Å². The summed E-state index contributed by atoms with van der Waals surface area (Å²) in [4.78, 5) is 13.8. The fraction of sp³-hybridized carbons (Fsp3) is 0.424. The molecule has 2 saturated heterocycles. The lowest BCUT2D eigenvalue weighted by Gasteiger charge is -2.41. The number of carboxylic acid groups (broad SMARTS) is 1. The molecule has 1 saturated carbocycles. The number of fused-ring (bicyclic) bond motifs is 1. The van der Waals surface area contributed by atoms with Crippen molar-refractivity contribution in [3.05, 3.63) is 105 Å². The van der Waals surface area contributed by atoms with Crippen LogP contribution in [0.3, 0.4) is 0 Å². The molecule has 3 aromatic rings. The average molecular weight is 579 g/mol. The fourth-order valence-electron chi connectivity index (χ4n) is 7.50. The largest absolute Gasteiger partial charge is 0.478 e. The number of halogens is 2. The summed E-state index contributed by atoms with van der Waals surface area (Å²) in [6.45, 7) is 2.89. The van der Waals surface area contributed by atoms with E-state index in [0.717, 1.165) is 48.1 Å². The van der Waals surface area contributed by atoms with Gasteiger partial charge in [0.25, 0.3) is 0 Å². The van der Waals surface area contributed by atoms with E-state index in [1.165, 1.54) is 30.4 Å². The van der Waals surface area contributed by atoms with Gasteiger partial charge < -0.3 is 5.11 Å². The molecule has 2 heterocycles. The molecule has 0 bridgehead atoms. The van der Waals surface area contributed by atoms with Crippen molar-refractivity contribution >= 4 is 29.2 Å². The first kappa shape index (κ1) is 27.7. The summed E-state index contributed by atoms with van der Waals surface area (Å²) in [5, 5.41) is 10.9. The van der Waals surface area contributed by atoms with Gasteiger partial charge in [-0.05, 0) is 116 Å². The Kier molecular flexibility index (Phi) is 8.47. The SMILES string of the molecule is O=C(O)c1cccc(CN2CCC(C3NNC4CCC(C(c5ccc(Cl)cc5)c5ccc(Cl)cc5)CC43)CC2)c1. The quantitative estimate of drug-likeness (QED) is 0.282. The van der Waals surface area contributed by atoms with E-state index in [1.807, 2.05) is 36.4 Å². The summed E-state index contributed by atoms with van der Waals surface area (Å²) in [6, 6.07) is 25.2. The number of rotatable bonds is 7. The smallest absolute Gasteiger partial charge is 0.335 e. The number of nitrogens with one attached hydrogen (secondary N) is 2. The molecule has 4 atom stereocenters. The molecule has 0 amide bonds. The Balaban J connectivity index is 1.13. The van der Waals surface area contributed by atoms with Crippen molar-refractivity contribution < 1.29 is 9.90 Å². The summed E-state index contributed by atoms with van der Waals surface area (Å²) in [7, 11) is 0. The van der Waals surface area contributed by atoms with E-state index in [0.29, 0.717) is 41.3 Å². The van der Waals surface area contributed by atoms with Crippen LogP contribution < -0.4 is 10.9 Å². The van der Waals surface area contributed by atoms with Gasteiger partial charge in [-0.15, -0.1) is 0 Å². The monoisotopic (exact) mass is 577 g/mol. The Hall–Kier alpha value is -2.41. The van der Waals surface area contributed by atoms with Crippen LogP contribution >= 0.6 is 23.2 Å². The van der Waals surface area contributed by atoms with Crippen LogP contribution in [-0.2, 0) is 6.54 Å². The Morgan fingerprint density at radius 1 is 0.875 bits per heavy atom. The van der Waals surface area contributed by atoms with Gasteiger partial charge in [0.1, 0.15) is 0 Å². The summed E-state index contributed by atoms with van der Waals surface area (Å²) in [6.07, 6.45) is 5.86. The number of hydrazine groups is 1. The van der Waals surface area contributed by atoms with Crippen LogP contribution in [0.5, 0.6) is 0 Å². The van der Waals surface area contributed by atoms with Crippen LogP contribution in [0.4, 0.5) is 0 Å². The molecule has 4 unspecified atom stereocenters. The topological polar surface area (TPSA) is 64.6 Å². The number of nitrogens with zero attached hydrogens (tertiary/aromatic N) is 1. The molecule has 5 nitrogen and oxygen atoms in total. The maximum atomic E-state index is 11.4. The third-order valence-corrected chi connectivity index (χ3v) is 9.99. The first-order chi connectivity index (χ1) is 19.4. The van der Waals surface area contributed by atoms with E-state index < -0.39 is 5.97 Å². The van der Waals surface area contributed by atoms with Crippen molar-refractivity contribution in [3.63, 3.8) is 0 Å². The van der Waals surface area contributed by atoms with E-state index in [9.17, 15) is 9.90 Å². The van der Waals surface area contributed by atoms with Crippen LogP contribution in [0.25, 0.3) is 0 Å². The lowest BCUT2D eigenvalue weighted by Crippen LogP contribution is -2.45. The average Bonchev–Trinajstić information content (AvgIpc) is 3.39. The normalized spacial score (nSPS) is 25.7. The molecule has 0 spiro atoms. The van der Waals surface area contributed by atoms with E-state index in [2.05, 4.69) is 40.0 Å². The molecule has 6 rings (SSSR count). The predicted octanol–water partition coefficient (Wildman–Crippen LogP) is 7.00. The number of hydrogen-bond donors (Lipinski definition) is 3. The minimum atomic E-state index is -0.866. The number of likely N-dealkylation sites (tertiary alicyclic amines) is 1. The van der Waals surface area contributed by atoms with Crippen LogP contribution in [0.15, 0.2) is 72.8 Å². The second-order valence-corrected chi connectivity index (χ2v) is 12.7. The number of aromatic carboxylic acids is 1. The minimum Gasteiger partial charge on any atom is -0.478 e. The highest BCUT2D eigenvalue weighted by Gasteiger charge is 2.45. The Bertz CT molecular complexity index is 1260. The highest BCUT2D eigenvalue weighted by molar-refractivity contribution is 6.30. The van der Waals surface area contributed by atoms with Crippen molar-refractivity contribution in [2.75, 3.05) is 13.1 Å². The van der Waals surface area contributed by atoms with E-state index in [4.69, 9.17) is 23.2 Å². The molecule has 2 aliphatic heterocycles. The van der Waals surface area contributed by atoms with Gasteiger partial charge in [0, 0.05) is 34.6 Å². The summed E-state index contributed by atoms with van der Waals surface area (Å²) < 4.78 is 0. The molecule has 0 aromatic heterocycles. The van der Waals surface area contributed by atoms with Gasteiger partial charge in [-0.25, -0.2) is 4.79 Å². The second kappa shape index (κ2) is 12.2. The molecular weight excluding hydrogens is 541 g/mol.